The average molecular weight is 368 g/mol. The molecule has 5 radical (unpaired) electrons. The van der Waals surface area contributed by atoms with Crippen molar-refractivity contribution in [3.05, 3.63) is 121 Å². The molecular formula is C25H23NP. The Balaban J connectivity index is 2.09. The zero-order chi connectivity index (χ0) is 18.7. The molecule has 0 aliphatic heterocycles. The fourth-order valence-corrected chi connectivity index (χ4v) is 7.27. The topological polar surface area (TPSA) is 12.4 Å². The van der Waals surface area contributed by atoms with Crippen LogP contribution in [0.25, 0.3) is 0 Å². The van der Waals surface area contributed by atoms with E-state index < -0.39 is 7.05 Å². The van der Waals surface area contributed by atoms with Gasteiger partial charge in [0.1, 0.15) is 0 Å². The van der Waals surface area contributed by atoms with E-state index in [2.05, 4.69) is 118 Å². The normalized spacial score (nSPS) is 15.0. The molecule has 4 rings (SSSR count). The Labute approximate surface area is 163 Å². The highest BCUT2D eigenvalue weighted by Gasteiger charge is 2.37. The summed E-state index contributed by atoms with van der Waals surface area (Å²) in [5.74, 6) is 0. The van der Waals surface area contributed by atoms with Crippen LogP contribution in [0.4, 0.5) is 5.69 Å². The van der Waals surface area contributed by atoms with Crippen molar-refractivity contribution in [3.8, 4) is 0 Å². The number of nitrogens with zero attached hydrogens (tertiary/aromatic N) is 1. The summed E-state index contributed by atoms with van der Waals surface area (Å²) in [6, 6.07) is 28.0. The highest BCUT2D eigenvalue weighted by molar-refractivity contribution is 7.84. The van der Waals surface area contributed by atoms with Crippen LogP contribution in [0.1, 0.15) is 11.1 Å². The summed E-state index contributed by atoms with van der Waals surface area (Å²) < 4.78 is 5.58. The number of benzene rings is 3. The summed E-state index contributed by atoms with van der Waals surface area (Å²) in [5.41, 5.74) is 4.85. The van der Waals surface area contributed by atoms with Gasteiger partial charge in [0, 0.05) is 12.7 Å². The third kappa shape index (κ3) is 3.42. The van der Waals surface area contributed by atoms with Crippen molar-refractivity contribution in [1.29, 1.82) is 0 Å². The van der Waals surface area contributed by atoms with E-state index in [9.17, 15) is 0 Å². The lowest BCUT2D eigenvalue weighted by Crippen LogP contribution is -2.20. The summed E-state index contributed by atoms with van der Waals surface area (Å²) in [5, 5.41) is 2.56. The molecular weight excluding hydrogens is 345 g/mol. The Hall–Kier alpha value is -2.11. The van der Waals surface area contributed by atoms with E-state index in [1.165, 1.54) is 27.4 Å². The molecule has 2 heteroatoms. The van der Waals surface area contributed by atoms with Crippen LogP contribution < -0.4 is 10.6 Å². The highest BCUT2D eigenvalue weighted by atomic mass is 31.2. The van der Waals surface area contributed by atoms with E-state index in [-0.39, 0.29) is 0 Å². The van der Waals surface area contributed by atoms with Gasteiger partial charge < -0.3 is 0 Å². The van der Waals surface area contributed by atoms with Crippen molar-refractivity contribution < 1.29 is 0 Å². The van der Waals surface area contributed by atoms with Gasteiger partial charge in [0.05, 0.1) is 5.69 Å². The van der Waals surface area contributed by atoms with E-state index in [0.29, 0.717) is 0 Å². The molecule has 27 heavy (non-hydrogen) atoms. The number of hydrogen-bond acceptors (Lipinski definition) is 1. The van der Waals surface area contributed by atoms with Gasteiger partial charge in [-0.15, -0.1) is 0 Å². The molecule has 1 aliphatic carbocycles. The second kappa shape index (κ2) is 7.87. The molecule has 0 spiro atoms. The molecule has 1 saturated carbocycles. The lowest BCUT2D eigenvalue weighted by molar-refractivity contribution is 1.33. The molecule has 0 unspecified atom stereocenters. The molecule has 1 aliphatic rings. The lowest BCUT2D eigenvalue weighted by atomic mass is 10.1. The molecule has 133 valence electrons. The smallest absolute Gasteiger partial charge is 0.0679 e. The lowest BCUT2D eigenvalue weighted by Gasteiger charge is -2.32. The number of hydrogen-bond donors (Lipinski definition) is 0. The maximum atomic E-state index is 5.58. The van der Waals surface area contributed by atoms with Gasteiger partial charge in [-0.1, -0.05) is 78.9 Å². The first-order valence-electron chi connectivity index (χ1n) is 9.24. The summed E-state index contributed by atoms with van der Waals surface area (Å²) in [6.07, 6.45) is 8.70. The van der Waals surface area contributed by atoms with Gasteiger partial charge in [0.2, 0.25) is 0 Å². The third-order valence-corrected chi connectivity index (χ3v) is 8.60. The van der Waals surface area contributed by atoms with Crippen molar-refractivity contribution in [1.82, 2.24) is 0 Å². The monoisotopic (exact) mass is 368 g/mol. The molecule has 0 bridgehead atoms. The molecule has 3 aromatic carbocycles. The fraction of sp³-hybridized carbons (Fsp3) is 0.0800. The molecule has 0 atom stereocenters. The predicted octanol–water partition coefficient (Wildman–Crippen LogP) is 6.15. The van der Waals surface area contributed by atoms with Crippen LogP contribution in [0.15, 0.2) is 83.6 Å². The number of aryl methyl sites for hydroxylation is 2. The van der Waals surface area contributed by atoms with Crippen molar-refractivity contribution in [2.45, 2.75) is 13.8 Å². The Morgan fingerprint density at radius 2 is 1.07 bits per heavy atom. The standard InChI is InChI=1S/C25H23NP/c1-20-12-11-13-21(2)25(20)26-27(24-18-9-10-19-24,22-14-5-3-6-15-22)23-16-7-4-8-17-23/h3-19H,1-2H3. The first-order valence-corrected chi connectivity index (χ1v) is 11.0. The van der Waals surface area contributed by atoms with Gasteiger partial charge in [-0.3, -0.25) is 4.74 Å². The SMILES string of the molecule is Cc1cccc(C)c1N=P([C]1[CH][CH][CH][CH]1)(c1ccccc1)c1ccccc1. The zero-order valence-corrected chi connectivity index (χ0v) is 16.6. The first-order chi connectivity index (χ1) is 13.2. The molecule has 0 heterocycles. The number of rotatable bonds is 4. The van der Waals surface area contributed by atoms with Crippen molar-refractivity contribution in [2.75, 3.05) is 0 Å². The van der Waals surface area contributed by atoms with Gasteiger partial charge in [0.25, 0.3) is 0 Å². The zero-order valence-electron chi connectivity index (χ0n) is 15.7. The fourth-order valence-electron chi connectivity index (χ4n) is 3.60. The molecule has 3 aromatic rings. The van der Waals surface area contributed by atoms with Crippen LogP contribution in [0.3, 0.4) is 0 Å². The Morgan fingerprint density at radius 3 is 1.56 bits per heavy atom. The second-order valence-corrected chi connectivity index (χ2v) is 9.81. The molecule has 0 N–H and O–H groups in total. The molecule has 1 nitrogen and oxygen atoms in total. The van der Waals surface area contributed by atoms with Crippen LogP contribution in [0.2, 0.25) is 0 Å². The van der Waals surface area contributed by atoms with Crippen LogP contribution in [-0.4, -0.2) is 0 Å². The van der Waals surface area contributed by atoms with E-state index in [4.69, 9.17) is 4.74 Å². The van der Waals surface area contributed by atoms with Crippen LogP contribution in [0.5, 0.6) is 0 Å². The van der Waals surface area contributed by atoms with E-state index in [0.717, 1.165) is 5.69 Å². The Kier molecular flexibility index (Phi) is 5.32. The van der Waals surface area contributed by atoms with Crippen molar-refractivity contribution in [3.63, 3.8) is 0 Å². The minimum absolute atomic E-state index is 1.11. The van der Waals surface area contributed by atoms with Crippen LogP contribution in [0, 0.1) is 45.2 Å². The molecule has 0 saturated heterocycles. The maximum Gasteiger partial charge on any atom is 0.0679 e. The van der Waals surface area contributed by atoms with Gasteiger partial charge in [-0.2, -0.15) is 0 Å². The highest BCUT2D eigenvalue weighted by Crippen LogP contribution is 2.63. The van der Waals surface area contributed by atoms with E-state index >= 15 is 0 Å². The maximum absolute atomic E-state index is 5.58. The summed E-state index contributed by atoms with van der Waals surface area (Å²) >= 11 is 0. The quantitative estimate of drug-likeness (QED) is 0.490. The summed E-state index contributed by atoms with van der Waals surface area (Å²) in [4.78, 5) is 0. The molecule has 0 amide bonds. The van der Waals surface area contributed by atoms with Crippen molar-refractivity contribution >= 4 is 23.4 Å². The third-order valence-electron chi connectivity index (χ3n) is 4.97. The second-order valence-electron chi connectivity index (χ2n) is 6.79. The molecule has 0 aromatic heterocycles. The molecule has 1 fully saturated rings. The van der Waals surface area contributed by atoms with Gasteiger partial charge in [-0.05, 0) is 61.3 Å². The minimum Gasteiger partial charge on any atom is -0.257 e. The first kappa shape index (κ1) is 18.3. The average Bonchev–Trinajstić information content (AvgIpc) is 3.25. The summed E-state index contributed by atoms with van der Waals surface area (Å²) in [7, 11) is -2.16. The van der Waals surface area contributed by atoms with Gasteiger partial charge in [-0.25, -0.2) is 0 Å². The summed E-state index contributed by atoms with van der Waals surface area (Å²) in [6.45, 7) is 4.31. The minimum atomic E-state index is -2.16. The Bertz CT molecular complexity index is 890. The largest absolute Gasteiger partial charge is 0.257 e. The Morgan fingerprint density at radius 1 is 0.593 bits per heavy atom. The van der Waals surface area contributed by atoms with E-state index in [1.54, 1.807) is 0 Å². The predicted molar refractivity (Wildman–Crippen MR) is 118 cm³/mol. The van der Waals surface area contributed by atoms with Gasteiger partial charge >= 0.3 is 0 Å². The van der Waals surface area contributed by atoms with Crippen LogP contribution >= 0.6 is 7.05 Å². The van der Waals surface area contributed by atoms with Crippen molar-refractivity contribution in [2.24, 2.45) is 4.74 Å². The van der Waals surface area contributed by atoms with Gasteiger partial charge in [0.15, 0.2) is 0 Å². The van der Waals surface area contributed by atoms with Crippen LogP contribution in [-0.2, 0) is 0 Å². The van der Waals surface area contributed by atoms with E-state index in [1.807, 2.05) is 0 Å².